The summed E-state index contributed by atoms with van der Waals surface area (Å²) in [6, 6.07) is 0. The third-order valence-electron chi connectivity index (χ3n) is 4.07. The first-order valence-corrected chi connectivity index (χ1v) is 8.86. The molecule has 0 radical (unpaired) electrons. The number of hydrogen-bond acceptors (Lipinski definition) is 1. The summed E-state index contributed by atoms with van der Waals surface area (Å²) in [6.45, 7) is 7.98. The monoisotopic (exact) mass is 278 g/mol. The molecular formula is C18H34N2. The van der Waals surface area contributed by atoms with Gasteiger partial charge in [0.2, 0.25) is 0 Å². The Bertz CT molecular complexity index is 314. The molecule has 0 amide bonds. The van der Waals surface area contributed by atoms with Crippen molar-refractivity contribution in [2.24, 2.45) is 0 Å². The van der Waals surface area contributed by atoms with Gasteiger partial charge in [0.1, 0.15) is 0 Å². The molecule has 1 aromatic heterocycles. The maximum atomic E-state index is 4.71. The minimum absolute atomic E-state index is 1.16. The van der Waals surface area contributed by atoms with Crippen LogP contribution >= 0.6 is 0 Å². The van der Waals surface area contributed by atoms with Crippen LogP contribution in [-0.2, 0) is 19.4 Å². The number of aryl methyl sites for hydroxylation is 2. The van der Waals surface area contributed by atoms with Crippen LogP contribution in [0.2, 0.25) is 0 Å². The largest absolute Gasteiger partial charge is 0.334 e. The highest BCUT2D eigenvalue weighted by Crippen LogP contribution is 2.16. The smallest absolute Gasteiger partial charge is 0.0951 e. The second-order valence-corrected chi connectivity index (χ2v) is 5.95. The first-order chi connectivity index (χ1) is 9.83. The topological polar surface area (TPSA) is 17.8 Å². The molecule has 0 N–H and O–H groups in total. The van der Waals surface area contributed by atoms with E-state index in [1.807, 2.05) is 0 Å². The number of imidazole rings is 1. The molecular weight excluding hydrogens is 244 g/mol. The summed E-state index contributed by atoms with van der Waals surface area (Å²) in [5.74, 6) is 0. The van der Waals surface area contributed by atoms with E-state index in [0.717, 1.165) is 6.54 Å². The van der Waals surface area contributed by atoms with Crippen LogP contribution in [0, 0.1) is 0 Å². The van der Waals surface area contributed by atoms with Gasteiger partial charge >= 0.3 is 0 Å². The minimum Gasteiger partial charge on any atom is -0.334 e. The molecule has 0 unspecified atom stereocenters. The summed E-state index contributed by atoms with van der Waals surface area (Å²) in [6.07, 6.45) is 16.3. The molecule has 0 bridgehead atoms. The van der Waals surface area contributed by atoms with Gasteiger partial charge in [0.05, 0.1) is 12.0 Å². The Hall–Kier alpha value is -0.790. The van der Waals surface area contributed by atoms with Gasteiger partial charge < -0.3 is 4.57 Å². The van der Waals surface area contributed by atoms with Gasteiger partial charge in [0.25, 0.3) is 0 Å². The van der Waals surface area contributed by atoms with Gasteiger partial charge in [-0.25, -0.2) is 4.98 Å². The average Bonchev–Trinajstić information content (AvgIpc) is 2.83. The fraction of sp³-hybridized carbons (Fsp3) is 0.833. The van der Waals surface area contributed by atoms with Crippen LogP contribution in [0.3, 0.4) is 0 Å². The first-order valence-electron chi connectivity index (χ1n) is 8.86. The van der Waals surface area contributed by atoms with E-state index in [2.05, 4.69) is 31.7 Å². The summed E-state index contributed by atoms with van der Waals surface area (Å²) in [5, 5.41) is 0. The Balaban J connectivity index is 2.60. The van der Waals surface area contributed by atoms with Crippen LogP contribution in [-0.4, -0.2) is 9.55 Å². The number of nitrogens with zero attached hydrogens (tertiary/aromatic N) is 2. The van der Waals surface area contributed by atoms with Gasteiger partial charge in [-0.3, -0.25) is 0 Å². The van der Waals surface area contributed by atoms with Crippen LogP contribution < -0.4 is 0 Å². The van der Waals surface area contributed by atoms with Crippen molar-refractivity contribution >= 4 is 0 Å². The van der Waals surface area contributed by atoms with Crippen molar-refractivity contribution in [2.75, 3.05) is 0 Å². The molecule has 0 fully saturated rings. The van der Waals surface area contributed by atoms with Crippen molar-refractivity contribution in [1.29, 1.82) is 0 Å². The lowest BCUT2D eigenvalue weighted by Crippen LogP contribution is -2.05. The molecule has 2 nitrogen and oxygen atoms in total. The maximum absolute atomic E-state index is 4.71. The predicted molar refractivity (Wildman–Crippen MR) is 88.2 cm³/mol. The molecule has 0 saturated carbocycles. The molecule has 2 heteroatoms. The highest BCUT2D eigenvalue weighted by molar-refractivity contribution is 5.14. The first kappa shape index (κ1) is 17.3. The van der Waals surface area contributed by atoms with Gasteiger partial charge in [-0.1, -0.05) is 59.3 Å². The molecule has 0 spiro atoms. The lowest BCUT2D eigenvalue weighted by Gasteiger charge is -2.10. The van der Waals surface area contributed by atoms with Crippen molar-refractivity contribution in [1.82, 2.24) is 9.55 Å². The summed E-state index contributed by atoms with van der Waals surface area (Å²) in [7, 11) is 0. The maximum Gasteiger partial charge on any atom is 0.0951 e. The highest BCUT2D eigenvalue weighted by atomic mass is 15.1. The van der Waals surface area contributed by atoms with E-state index in [1.54, 1.807) is 0 Å². The molecule has 0 aromatic carbocycles. The molecule has 1 rings (SSSR count). The second-order valence-electron chi connectivity index (χ2n) is 5.95. The van der Waals surface area contributed by atoms with E-state index in [4.69, 9.17) is 4.98 Å². The van der Waals surface area contributed by atoms with Crippen LogP contribution in [0.1, 0.15) is 89.9 Å². The standard InChI is InChI=1S/C18H34N2/c1-4-7-10-13-17-18(14-11-8-5-2)20(16-19-17)15-12-9-6-3/h16H,4-15H2,1-3H3. The van der Waals surface area contributed by atoms with Gasteiger partial charge in [-0.15, -0.1) is 0 Å². The Labute approximate surface area is 126 Å². The second kappa shape index (κ2) is 10.9. The zero-order valence-corrected chi connectivity index (χ0v) is 14.0. The van der Waals surface area contributed by atoms with E-state index in [0.29, 0.717) is 0 Å². The van der Waals surface area contributed by atoms with Crippen LogP contribution in [0.25, 0.3) is 0 Å². The zero-order chi connectivity index (χ0) is 14.6. The van der Waals surface area contributed by atoms with Crippen molar-refractivity contribution in [3.05, 3.63) is 17.7 Å². The molecule has 0 aliphatic carbocycles. The van der Waals surface area contributed by atoms with Gasteiger partial charge in [-0.2, -0.15) is 0 Å². The lowest BCUT2D eigenvalue weighted by atomic mass is 10.1. The highest BCUT2D eigenvalue weighted by Gasteiger charge is 2.10. The molecule has 0 aliphatic rings. The third kappa shape index (κ3) is 6.11. The van der Waals surface area contributed by atoms with Crippen LogP contribution in [0.5, 0.6) is 0 Å². The van der Waals surface area contributed by atoms with E-state index < -0.39 is 0 Å². The Morgan fingerprint density at radius 2 is 1.40 bits per heavy atom. The number of hydrogen-bond donors (Lipinski definition) is 0. The molecule has 1 aromatic rings. The summed E-state index contributed by atoms with van der Waals surface area (Å²) in [4.78, 5) is 4.71. The van der Waals surface area contributed by atoms with Gasteiger partial charge in [-0.05, 0) is 32.1 Å². The number of aromatic nitrogens is 2. The van der Waals surface area contributed by atoms with E-state index in [1.165, 1.54) is 82.0 Å². The van der Waals surface area contributed by atoms with Crippen molar-refractivity contribution < 1.29 is 0 Å². The molecule has 1 heterocycles. The van der Waals surface area contributed by atoms with E-state index in [-0.39, 0.29) is 0 Å². The van der Waals surface area contributed by atoms with Crippen molar-refractivity contribution in [3.63, 3.8) is 0 Å². The SMILES string of the molecule is CCCCCc1ncn(CCCCC)c1CCCCC. The van der Waals surface area contributed by atoms with Crippen molar-refractivity contribution in [3.8, 4) is 0 Å². The molecule has 0 aliphatic heterocycles. The summed E-state index contributed by atoms with van der Waals surface area (Å²) in [5.41, 5.74) is 2.91. The Morgan fingerprint density at radius 3 is 2.05 bits per heavy atom. The molecule has 116 valence electrons. The average molecular weight is 278 g/mol. The molecule has 0 atom stereocenters. The fourth-order valence-electron chi connectivity index (χ4n) is 2.76. The molecule has 20 heavy (non-hydrogen) atoms. The van der Waals surface area contributed by atoms with Crippen molar-refractivity contribution in [2.45, 2.75) is 97.9 Å². The Morgan fingerprint density at radius 1 is 0.800 bits per heavy atom. The predicted octanol–water partition coefficient (Wildman–Crippen LogP) is 5.54. The minimum atomic E-state index is 1.16. The van der Waals surface area contributed by atoms with Gasteiger partial charge in [0, 0.05) is 12.2 Å². The molecule has 0 saturated heterocycles. The third-order valence-corrected chi connectivity index (χ3v) is 4.07. The van der Waals surface area contributed by atoms with Crippen LogP contribution in [0.4, 0.5) is 0 Å². The lowest BCUT2D eigenvalue weighted by molar-refractivity contribution is 0.571. The summed E-state index contributed by atoms with van der Waals surface area (Å²) < 4.78 is 2.44. The zero-order valence-electron chi connectivity index (χ0n) is 14.0. The summed E-state index contributed by atoms with van der Waals surface area (Å²) >= 11 is 0. The van der Waals surface area contributed by atoms with E-state index in [9.17, 15) is 0 Å². The Kier molecular flexibility index (Phi) is 9.44. The quantitative estimate of drug-likeness (QED) is 0.459. The van der Waals surface area contributed by atoms with E-state index >= 15 is 0 Å². The number of unbranched alkanes of at least 4 members (excludes halogenated alkanes) is 6. The number of rotatable bonds is 12. The van der Waals surface area contributed by atoms with Crippen LogP contribution in [0.15, 0.2) is 6.33 Å². The normalized spacial score (nSPS) is 11.2. The van der Waals surface area contributed by atoms with Gasteiger partial charge in [0.15, 0.2) is 0 Å². The fourth-order valence-corrected chi connectivity index (χ4v) is 2.76.